The fourth-order valence-electron chi connectivity index (χ4n) is 5.11. The molecule has 2 amide bonds. The van der Waals surface area contributed by atoms with E-state index in [0.717, 1.165) is 10.7 Å². The minimum Gasteiger partial charge on any atom is -0.368 e. The Morgan fingerprint density at radius 3 is 2.14 bits per heavy atom. The van der Waals surface area contributed by atoms with Gasteiger partial charge < -0.3 is 15.1 Å². The van der Waals surface area contributed by atoms with Crippen LogP contribution in [0.1, 0.15) is 18.4 Å². The van der Waals surface area contributed by atoms with Crippen LogP contribution in [0.15, 0.2) is 71.9 Å². The lowest BCUT2D eigenvalue weighted by atomic mass is 9.89. The zero-order valence-corrected chi connectivity index (χ0v) is 19.1. The van der Waals surface area contributed by atoms with E-state index in [1.807, 2.05) is 30.3 Å². The number of anilines is 1. The van der Waals surface area contributed by atoms with Crippen LogP contribution in [0.4, 0.5) is 18.9 Å². The zero-order chi connectivity index (χ0) is 24.7. The van der Waals surface area contributed by atoms with E-state index in [-0.39, 0.29) is 11.3 Å². The lowest BCUT2D eigenvalue weighted by molar-refractivity contribution is -0.161. The van der Waals surface area contributed by atoms with Crippen LogP contribution in [0.3, 0.4) is 0 Å². The van der Waals surface area contributed by atoms with Gasteiger partial charge in [-0.15, -0.1) is 0 Å². The van der Waals surface area contributed by atoms with Crippen molar-refractivity contribution in [1.29, 1.82) is 0 Å². The monoisotopic (exact) mass is 485 g/mol. The van der Waals surface area contributed by atoms with Crippen LogP contribution in [0, 0.1) is 0 Å². The molecule has 3 unspecified atom stereocenters. The van der Waals surface area contributed by atoms with E-state index >= 15 is 0 Å². The Balaban J connectivity index is 1.36. The molecule has 3 atom stereocenters. The number of fused-ring (bicyclic) bond motifs is 1. The van der Waals surface area contributed by atoms with Gasteiger partial charge in [-0.1, -0.05) is 48.5 Å². The number of hydrogen-bond donors (Lipinski definition) is 2. The molecule has 0 radical (unpaired) electrons. The predicted octanol–water partition coefficient (Wildman–Crippen LogP) is 2.60. The third kappa shape index (κ3) is 4.22. The van der Waals surface area contributed by atoms with Gasteiger partial charge in [0.05, 0.1) is 5.92 Å². The summed E-state index contributed by atoms with van der Waals surface area (Å²) < 4.78 is 41.9. The number of carbonyl (C=O) groups excluding carboxylic acids is 2. The maximum atomic E-state index is 14.0. The maximum Gasteiger partial charge on any atom is 0.406 e. The van der Waals surface area contributed by atoms with E-state index in [0.29, 0.717) is 31.7 Å². The molecule has 10 heteroatoms. The van der Waals surface area contributed by atoms with Crippen LogP contribution in [0.25, 0.3) is 0 Å². The van der Waals surface area contributed by atoms with Crippen molar-refractivity contribution in [2.24, 2.45) is 0 Å². The summed E-state index contributed by atoms with van der Waals surface area (Å²) in [6, 6.07) is 16.2. The molecule has 0 aromatic heterocycles. The number of piperazine rings is 1. The molecule has 0 saturated carbocycles. The fraction of sp³-hybridized carbons (Fsp3) is 0.360. The standard InChI is InChI=1S/C25H26F3N5O2/c1-16-19(23(34)32-14-12-31(13-15-32)18-10-6-3-7-11-18)24(35)33-22(29-16)20(17-8-4-2-5-9-17)21(30-33)25(26,27)28/h2-11,20-22,29-30H,12-15H2,1H3. The summed E-state index contributed by atoms with van der Waals surface area (Å²) in [4.78, 5) is 30.5. The van der Waals surface area contributed by atoms with Gasteiger partial charge in [0.1, 0.15) is 17.8 Å². The number of nitrogens with zero attached hydrogens (tertiary/aromatic N) is 3. The SMILES string of the molecule is CC1=C(C(=O)N2CCN(c3ccccc3)CC2)C(=O)N2NC(C(F)(F)F)C(c3ccccc3)C2N1. The van der Waals surface area contributed by atoms with E-state index in [1.54, 1.807) is 42.2 Å². The van der Waals surface area contributed by atoms with Crippen molar-refractivity contribution >= 4 is 17.5 Å². The highest BCUT2D eigenvalue weighted by Crippen LogP contribution is 2.41. The van der Waals surface area contributed by atoms with Crippen molar-refractivity contribution < 1.29 is 22.8 Å². The van der Waals surface area contributed by atoms with Gasteiger partial charge in [0.15, 0.2) is 0 Å². The van der Waals surface area contributed by atoms with Gasteiger partial charge in [0, 0.05) is 37.6 Å². The second-order valence-electron chi connectivity index (χ2n) is 8.96. The summed E-state index contributed by atoms with van der Waals surface area (Å²) >= 11 is 0. The van der Waals surface area contributed by atoms with Crippen molar-refractivity contribution in [1.82, 2.24) is 20.7 Å². The van der Waals surface area contributed by atoms with Crippen molar-refractivity contribution in [2.45, 2.75) is 31.2 Å². The van der Waals surface area contributed by atoms with Crippen molar-refractivity contribution in [2.75, 3.05) is 31.1 Å². The molecular weight excluding hydrogens is 459 g/mol. The third-order valence-electron chi connectivity index (χ3n) is 6.87. The summed E-state index contributed by atoms with van der Waals surface area (Å²) in [7, 11) is 0. The Kier molecular flexibility index (Phi) is 5.92. The molecule has 2 aromatic carbocycles. The number of hydrogen-bond acceptors (Lipinski definition) is 5. The minimum atomic E-state index is -4.59. The number of allylic oxidation sites excluding steroid dienone is 1. The summed E-state index contributed by atoms with van der Waals surface area (Å²) in [5.74, 6) is -2.28. The Labute approximate surface area is 201 Å². The lowest BCUT2D eigenvalue weighted by Gasteiger charge is -2.39. The molecule has 184 valence electrons. The second-order valence-corrected chi connectivity index (χ2v) is 8.96. The van der Waals surface area contributed by atoms with Gasteiger partial charge in [-0.25, -0.2) is 10.4 Å². The molecule has 3 aliphatic heterocycles. The Hall–Kier alpha value is -3.53. The average molecular weight is 486 g/mol. The lowest BCUT2D eigenvalue weighted by Crippen LogP contribution is -2.58. The van der Waals surface area contributed by atoms with Crippen LogP contribution in [0.5, 0.6) is 0 Å². The fourth-order valence-corrected chi connectivity index (χ4v) is 5.11. The summed E-state index contributed by atoms with van der Waals surface area (Å²) in [6.45, 7) is 3.59. The average Bonchev–Trinajstić information content (AvgIpc) is 3.25. The minimum absolute atomic E-state index is 0.128. The van der Waals surface area contributed by atoms with Gasteiger partial charge in [-0.3, -0.25) is 9.59 Å². The second kappa shape index (κ2) is 8.92. The number of amides is 2. The van der Waals surface area contributed by atoms with Crippen LogP contribution >= 0.6 is 0 Å². The molecule has 3 aliphatic rings. The normalized spacial score (nSPS) is 25.0. The van der Waals surface area contributed by atoms with Crippen molar-refractivity contribution in [3.8, 4) is 0 Å². The molecule has 0 bridgehead atoms. The smallest absolute Gasteiger partial charge is 0.368 e. The molecule has 2 aromatic rings. The molecule has 0 aliphatic carbocycles. The number of benzene rings is 2. The zero-order valence-electron chi connectivity index (χ0n) is 19.1. The number of nitrogens with one attached hydrogen (secondary N) is 2. The number of hydrazine groups is 1. The Morgan fingerprint density at radius 1 is 0.943 bits per heavy atom. The van der Waals surface area contributed by atoms with E-state index < -0.39 is 36.1 Å². The van der Waals surface area contributed by atoms with Gasteiger partial charge in [-0.2, -0.15) is 13.2 Å². The molecular formula is C25H26F3N5O2. The van der Waals surface area contributed by atoms with Gasteiger partial charge in [0.25, 0.3) is 11.8 Å². The van der Waals surface area contributed by atoms with Crippen LogP contribution in [0.2, 0.25) is 0 Å². The summed E-state index contributed by atoms with van der Waals surface area (Å²) in [6.07, 6.45) is -5.56. The molecule has 7 nitrogen and oxygen atoms in total. The molecule has 2 fully saturated rings. The number of halogens is 3. The van der Waals surface area contributed by atoms with E-state index in [4.69, 9.17) is 0 Å². The predicted molar refractivity (Wildman–Crippen MR) is 124 cm³/mol. The first kappa shape index (κ1) is 23.2. The molecule has 2 N–H and O–H groups in total. The number of carbonyl (C=O) groups is 2. The van der Waals surface area contributed by atoms with Gasteiger partial charge in [0.2, 0.25) is 0 Å². The highest BCUT2D eigenvalue weighted by molar-refractivity contribution is 6.19. The molecule has 0 spiro atoms. The van der Waals surface area contributed by atoms with Crippen LogP contribution in [-0.2, 0) is 9.59 Å². The molecule has 5 rings (SSSR count). The van der Waals surface area contributed by atoms with Crippen LogP contribution in [-0.4, -0.2) is 66.3 Å². The third-order valence-corrected chi connectivity index (χ3v) is 6.87. The highest BCUT2D eigenvalue weighted by atomic mass is 19.4. The van der Waals surface area contributed by atoms with Crippen molar-refractivity contribution in [3.05, 3.63) is 77.5 Å². The van der Waals surface area contributed by atoms with E-state index in [9.17, 15) is 22.8 Å². The first-order chi connectivity index (χ1) is 16.8. The topological polar surface area (TPSA) is 67.9 Å². The quantitative estimate of drug-likeness (QED) is 0.655. The summed E-state index contributed by atoms with van der Waals surface area (Å²) in [5.41, 5.74) is 4.02. The van der Waals surface area contributed by atoms with Gasteiger partial charge >= 0.3 is 6.18 Å². The van der Waals surface area contributed by atoms with Crippen LogP contribution < -0.4 is 15.6 Å². The molecule has 3 heterocycles. The van der Waals surface area contributed by atoms with Crippen molar-refractivity contribution in [3.63, 3.8) is 0 Å². The number of para-hydroxylation sites is 1. The number of rotatable bonds is 3. The first-order valence-electron chi connectivity index (χ1n) is 11.5. The molecule has 35 heavy (non-hydrogen) atoms. The highest BCUT2D eigenvalue weighted by Gasteiger charge is 2.58. The van der Waals surface area contributed by atoms with E-state index in [2.05, 4.69) is 15.6 Å². The first-order valence-corrected chi connectivity index (χ1v) is 11.5. The summed E-state index contributed by atoms with van der Waals surface area (Å²) in [5, 5.41) is 3.97. The Morgan fingerprint density at radius 2 is 1.54 bits per heavy atom. The van der Waals surface area contributed by atoms with E-state index in [1.165, 1.54) is 0 Å². The largest absolute Gasteiger partial charge is 0.406 e. The maximum absolute atomic E-state index is 14.0. The Bertz CT molecular complexity index is 1130. The number of alkyl halides is 3. The molecule has 2 saturated heterocycles. The van der Waals surface area contributed by atoms with Gasteiger partial charge in [-0.05, 0) is 24.6 Å².